The number of hydrogen-bond acceptors (Lipinski definition) is 3. The Hall–Kier alpha value is -1.84. The Morgan fingerprint density at radius 2 is 1.96 bits per heavy atom. The SMILES string of the molecule is COc1ccc2c(c1)CCC1(CCCN1CCc1ccccc1C)C2=O.Cl. The predicted octanol–water partition coefficient (Wildman–Crippen LogP) is 4.63. The van der Waals surface area contributed by atoms with Gasteiger partial charge >= 0.3 is 0 Å². The molecule has 2 aromatic rings. The summed E-state index contributed by atoms with van der Waals surface area (Å²) in [6.45, 7) is 4.16. The number of aryl methyl sites for hydroxylation is 2. The smallest absolute Gasteiger partial charge is 0.183 e. The summed E-state index contributed by atoms with van der Waals surface area (Å²) in [4.78, 5) is 15.9. The van der Waals surface area contributed by atoms with E-state index in [1.807, 2.05) is 18.2 Å². The second-order valence-electron chi connectivity index (χ2n) is 7.65. The van der Waals surface area contributed by atoms with Gasteiger partial charge in [-0.1, -0.05) is 24.3 Å². The van der Waals surface area contributed by atoms with E-state index in [4.69, 9.17) is 4.74 Å². The van der Waals surface area contributed by atoms with Gasteiger partial charge in [-0.15, -0.1) is 12.4 Å². The van der Waals surface area contributed by atoms with Gasteiger partial charge in [0.15, 0.2) is 5.78 Å². The van der Waals surface area contributed by atoms with E-state index in [1.54, 1.807) is 7.11 Å². The zero-order valence-corrected chi connectivity index (χ0v) is 17.0. The molecule has 4 rings (SSSR count). The van der Waals surface area contributed by atoms with E-state index in [-0.39, 0.29) is 17.9 Å². The van der Waals surface area contributed by atoms with E-state index in [1.165, 1.54) is 11.1 Å². The van der Waals surface area contributed by atoms with Crippen molar-refractivity contribution in [1.29, 1.82) is 0 Å². The molecule has 2 aromatic carbocycles. The van der Waals surface area contributed by atoms with Gasteiger partial charge in [0.25, 0.3) is 0 Å². The molecule has 0 bridgehead atoms. The predicted molar refractivity (Wildman–Crippen MR) is 111 cm³/mol. The molecular formula is C23H28ClNO2. The Balaban J connectivity index is 0.00000210. The van der Waals surface area contributed by atoms with E-state index in [0.717, 1.165) is 62.1 Å². The summed E-state index contributed by atoms with van der Waals surface area (Å²) >= 11 is 0. The third-order valence-corrected chi connectivity index (χ3v) is 6.32. The second kappa shape index (κ2) is 8.04. The number of fused-ring (bicyclic) bond motifs is 1. The number of ketones is 1. The maximum absolute atomic E-state index is 13.4. The number of ether oxygens (including phenoxy) is 1. The maximum atomic E-state index is 13.4. The molecule has 2 aliphatic rings. The Morgan fingerprint density at radius 1 is 1.15 bits per heavy atom. The minimum Gasteiger partial charge on any atom is -0.497 e. The third-order valence-electron chi connectivity index (χ3n) is 6.32. The van der Waals surface area contributed by atoms with Gasteiger partial charge in [0, 0.05) is 12.1 Å². The Labute approximate surface area is 168 Å². The largest absolute Gasteiger partial charge is 0.497 e. The lowest BCUT2D eigenvalue weighted by atomic mass is 9.75. The molecule has 0 radical (unpaired) electrons. The number of hydrogen-bond donors (Lipinski definition) is 0. The van der Waals surface area contributed by atoms with Crippen molar-refractivity contribution in [3.8, 4) is 5.75 Å². The number of carbonyl (C=O) groups is 1. The molecule has 0 N–H and O–H groups in total. The quantitative estimate of drug-likeness (QED) is 0.768. The number of benzene rings is 2. The van der Waals surface area contributed by atoms with Crippen molar-refractivity contribution >= 4 is 18.2 Å². The molecule has 0 aromatic heterocycles. The van der Waals surface area contributed by atoms with Crippen LogP contribution in [0.4, 0.5) is 0 Å². The first-order chi connectivity index (χ1) is 12.6. The first kappa shape index (κ1) is 19.9. The first-order valence-electron chi connectivity index (χ1n) is 9.65. The summed E-state index contributed by atoms with van der Waals surface area (Å²) in [6, 6.07) is 14.5. The Bertz CT molecular complexity index is 835. The van der Waals surface area contributed by atoms with Gasteiger partial charge in [-0.2, -0.15) is 0 Å². The number of nitrogens with zero attached hydrogens (tertiary/aromatic N) is 1. The van der Waals surface area contributed by atoms with Gasteiger partial charge in [-0.25, -0.2) is 0 Å². The number of rotatable bonds is 4. The number of carbonyl (C=O) groups excluding carboxylic acids is 1. The van der Waals surface area contributed by atoms with Crippen LogP contribution in [0.1, 0.15) is 46.3 Å². The van der Waals surface area contributed by atoms with E-state index in [0.29, 0.717) is 5.78 Å². The van der Waals surface area contributed by atoms with Crippen LogP contribution in [0.25, 0.3) is 0 Å². The molecule has 1 saturated heterocycles. The highest BCUT2D eigenvalue weighted by Crippen LogP contribution is 2.41. The fraction of sp³-hybridized carbons (Fsp3) is 0.435. The highest BCUT2D eigenvalue weighted by Gasteiger charge is 2.49. The minimum atomic E-state index is -0.287. The lowest BCUT2D eigenvalue weighted by Crippen LogP contribution is -2.53. The number of likely N-dealkylation sites (tertiary alicyclic amines) is 1. The Morgan fingerprint density at radius 3 is 2.74 bits per heavy atom. The highest BCUT2D eigenvalue weighted by molar-refractivity contribution is 6.05. The molecule has 1 unspecified atom stereocenters. The van der Waals surface area contributed by atoms with Crippen molar-refractivity contribution in [2.24, 2.45) is 0 Å². The summed E-state index contributed by atoms with van der Waals surface area (Å²) in [5.41, 5.74) is 4.49. The van der Waals surface area contributed by atoms with Crippen molar-refractivity contribution in [3.05, 3.63) is 64.7 Å². The molecule has 0 amide bonds. The molecular weight excluding hydrogens is 358 g/mol. The van der Waals surface area contributed by atoms with Gasteiger partial charge < -0.3 is 4.74 Å². The summed E-state index contributed by atoms with van der Waals surface area (Å²) in [7, 11) is 1.68. The summed E-state index contributed by atoms with van der Waals surface area (Å²) in [6.07, 6.45) is 5.01. The van der Waals surface area contributed by atoms with Gasteiger partial charge in [0.05, 0.1) is 12.6 Å². The van der Waals surface area contributed by atoms with E-state index in [9.17, 15) is 4.79 Å². The average molecular weight is 386 g/mol. The summed E-state index contributed by atoms with van der Waals surface area (Å²) in [5, 5.41) is 0. The molecule has 27 heavy (non-hydrogen) atoms. The topological polar surface area (TPSA) is 29.5 Å². The molecule has 144 valence electrons. The molecule has 1 atom stereocenters. The molecule has 1 fully saturated rings. The van der Waals surface area contributed by atoms with Crippen LogP contribution in [0.3, 0.4) is 0 Å². The van der Waals surface area contributed by atoms with E-state index < -0.39 is 0 Å². The molecule has 1 aliphatic heterocycles. The van der Waals surface area contributed by atoms with Gasteiger partial charge in [0.1, 0.15) is 5.75 Å². The van der Waals surface area contributed by atoms with E-state index in [2.05, 4.69) is 36.1 Å². The van der Waals surface area contributed by atoms with Crippen LogP contribution in [-0.4, -0.2) is 36.4 Å². The standard InChI is InChI=1S/C23H27NO2.ClH/c1-17-6-3-4-7-18(17)11-15-24-14-5-12-23(24)13-10-19-16-20(26-2)8-9-21(19)22(23)25;/h3-4,6-9,16H,5,10-15H2,1-2H3;1H. The van der Waals surface area contributed by atoms with Crippen LogP contribution in [-0.2, 0) is 12.8 Å². The van der Waals surface area contributed by atoms with Crippen LogP contribution in [0.5, 0.6) is 5.75 Å². The second-order valence-corrected chi connectivity index (χ2v) is 7.65. The number of Topliss-reactive ketones (excluding diaryl/α,β-unsaturated/α-hetero) is 1. The highest BCUT2D eigenvalue weighted by atomic mass is 35.5. The van der Waals surface area contributed by atoms with Gasteiger partial charge in [0.2, 0.25) is 0 Å². The minimum absolute atomic E-state index is 0. The fourth-order valence-corrected chi connectivity index (χ4v) is 4.78. The van der Waals surface area contributed by atoms with Crippen LogP contribution in [0, 0.1) is 6.92 Å². The van der Waals surface area contributed by atoms with Gasteiger partial charge in [-0.05, 0) is 80.5 Å². The average Bonchev–Trinajstić information content (AvgIpc) is 3.07. The normalized spacial score (nSPS) is 21.8. The van der Waals surface area contributed by atoms with Crippen molar-refractivity contribution < 1.29 is 9.53 Å². The van der Waals surface area contributed by atoms with Crippen molar-refractivity contribution in [3.63, 3.8) is 0 Å². The van der Waals surface area contributed by atoms with Crippen LogP contribution in [0.15, 0.2) is 42.5 Å². The first-order valence-corrected chi connectivity index (χ1v) is 9.65. The van der Waals surface area contributed by atoms with Crippen molar-refractivity contribution in [1.82, 2.24) is 4.90 Å². The lowest BCUT2D eigenvalue weighted by molar-refractivity contribution is 0.0620. The summed E-state index contributed by atoms with van der Waals surface area (Å²) in [5.74, 6) is 1.17. The molecule has 1 spiro atoms. The van der Waals surface area contributed by atoms with Crippen LogP contribution >= 0.6 is 12.4 Å². The molecule has 1 heterocycles. The van der Waals surface area contributed by atoms with Crippen molar-refractivity contribution in [2.45, 2.75) is 44.6 Å². The molecule has 1 aliphatic carbocycles. The molecule has 4 heteroatoms. The molecule has 0 saturated carbocycles. The van der Waals surface area contributed by atoms with Gasteiger partial charge in [-0.3, -0.25) is 9.69 Å². The van der Waals surface area contributed by atoms with Crippen LogP contribution in [0.2, 0.25) is 0 Å². The summed E-state index contributed by atoms with van der Waals surface area (Å²) < 4.78 is 5.33. The lowest BCUT2D eigenvalue weighted by Gasteiger charge is -2.41. The van der Waals surface area contributed by atoms with E-state index >= 15 is 0 Å². The zero-order chi connectivity index (χ0) is 18.1. The van der Waals surface area contributed by atoms with Crippen molar-refractivity contribution in [2.75, 3.05) is 20.2 Å². The third kappa shape index (κ3) is 3.51. The maximum Gasteiger partial charge on any atom is 0.183 e. The Kier molecular flexibility index (Phi) is 5.92. The number of halogens is 1. The fourth-order valence-electron chi connectivity index (χ4n) is 4.78. The van der Waals surface area contributed by atoms with Crippen LogP contribution < -0.4 is 4.74 Å². The zero-order valence-electron chi connectivity index (χ0n) is 16.2. The monoisotopic (exact) mass is 385 g/mol. The molecule has 3 nitrogen and oxygen atoms in total. The number of methoxy groups -OCH3 is 1.